The topological polar surface area (TPSA) is 8.17 Å². The fourth-order valence-electron chi connectivity index (χ4n) is 3.99. The Labute approximate surface area is 121 Å². The van der Waals surface area contributed by atoms with Crippen LogP contribution in [-0.4, -0.2) is 16.0 Å². The summed E-state index contributed by atoms with van der Waals surface area (Å²) in [5, 5.41) is 0. The first-order chi connectivity index (χ1) is 9.83. The molecular weight excluding hydrogens is 244 g/mol. The highest BCUT2D eigenvalue weighted by atomic mass is 15.3. The van der Waals surface area contributed by atoms with Gasteiger partial charge in [-0.15, -0.1) is 0 Å². The highest BCUT2D eigenvalue weighted by Crippen LogP contribution is 2.43. The summed E-state index contributed by atoms with van der Waals surface area (Å²) in [4.78, 5) is 2.74. The van der Waals surface area contributed by atoms with Gasteiger partial charge in [-0.05, 0) is 43.9 Å². The van der Waals surface area contributed by atoms with Crippen LogP contribution in [-0.2, 0) is 6.54 Å². The summed E-state index contributed by atoms with van der Waals surface area (Å²) in [7, 11) is 0. The molecule has 0 radical (unpaired) electrons. The van der Waals surface area contributed by atoms with Gasteiger partial charge in [0.05, 0.1) is 6.04 Å². The van der Waals surface area contributed by atoms with Crippen LogP contribution in [0.5, 0.6) is 0 Å². The Bertz CT molecular complexity index is 596. The summed E-state index contributed by atoms with van der Waals surface area (Å²) in [6, 6.07) is 14.9. The second-order valence-electron chi connectivity index (χ2n) is 6.24. The number of aromatic nitrogens is 1. The minimum atomic E-state index is 0.609. The van der Waals surface area contributed by atoms with E-state index in [1.807, 2.05) is 0 Å². The average Bonchev–Trinajstić information content (AvgIpc) is 2.96. The summed E-state index contributed by atoms with van der Waals surface area (Å²) in [5.74, 6) is 0. The maximum atomic E-state index is 2.74. The van der Waals surface area contributed by atoms with Gasteiger partial charge in [0.25, 0.3) is 0 Å². The van der Waals surface area contributed by atoms with Crippen molar-refractivity contribution in [2.24, 2.45) is 0 Å². The van der Waals surface area contributed by atoms with Gasteiger partial charge in [-0.2, -0.15) is 0 Å². The molecule has 0 bridgehead atoms. The van der Waals surface area contributed by atoms with Gasteiger partial charge in [0.2, 0.25) is 0 Å². The lowest BCUT2D eigenvalue weighted by molar-refractivity contribution is 0.0562. The molecule has 4 rings (SSSR count). The van der Waals surface area contributed by atoms with Gasteiger partial charge in [-0.25, -0.2) is 0 Å². The summed E-state index contributed by atoms with van der Waals surface area (Å²) in [5.41, 5.74) is 4.38. The number of piperidine rings is 1. The van der Waals surface area contributed by atoms with Crippen molar-refractivity contribution in [3.8, 4) is 0 Å². The van der Waals surface area contributed by atoms with E-state index in [0.717, 1.165) is 6.54 Å². The quantitative estimate of drug-likeness (QED) is 0.755. The maximum absolute atomic E-state index is 2.74. The number of hydrogen-bond donors (Lipinski definition) is 0. The molecule has 0 amide bonds. The Hall–Kier alpha value is -1.54. The monoisotopic (exact) mass is 266 g/mol. The molecule has 2 nitrogen and oxygen atoms in total. The van der Waals surface area contributed by atoms with E-state index in [9.17, 15) is 0 Å². The molecule has 1 fully saturated rings. The van der Waals surface area contributed by atoms with Crippen LogP contribution in [0, 0.1) is 6.92 Å². The molecule has 1 saturated heterocycles. The molecule has 2 aliphatic heterocycles. The van der Waals surface area contributed by atoms with Gasteiger partial charge in [0.15, 0.2) is 0 Å². The minimum Gasteiger partial charge on any atom is -0.349 e. The smallest absolute Gasteiger partial charge is 0.0507 e. The Morgan fingerprint density at radius 2 is 1.75 bits per heavy atom. The third-order valence-electron chi connectivity index (χ3n) is 5.02. The van der Waals surface area contributed by atoms with Crippen LogP contribution in [0.3, 0.4) is 0 Å². The van der Waals surface area contributed by atoms with E-state index in [0.29, 0.717) is 12.1 Å². The Morgan fingerprint density at radius 3 is 2.60 bits per heavy atom. The first-order valence-electron chi connectivity index (χ1n) is 7.80. The van der Waals surface area contributed by atoms with Gasteiger partial charge in [0, 0.05) is 31.0 Å². The second kappa shape index (κ2) is 4.78. The van der Waals surface area contributed by atoms with Gasteiger partial charge < -0.3 is 4.57 Å². The molecule has 2 heteroatoms. The molecule has 0 aliphatic carbocycles. The molecule has 2 aliphatic rings. The molecule has 0 saturated carbocycles. The van der Waals surface area contributed by atoms with Crippen molar-refractivity contribution in [2.75, 3.05) is 6.54 Å². The van der Waals surface area contributed by atoms with Crippen LogP contribution >= 0.6 is 0 Å². The maximum Gasteiger partial charge on any atom is 0.0507 e. The van der Waals surface area contributed by atoms with Crippen LogP contribution in [0.4, 0.5) is 0 Å². The third kappa shape index (κ3) is 1.90. The van der Waals surface area contributed by atoms with Gasteiger partial charge >= 0.3 is 0 Å². The van der Waals surface area contributed by atoms with Gasteiger partial charge in [-0.3, -0.25) is 4.90 Å². The minimum absolute atomic E-state index is 0.609. The number of rotatable bonds is 1. The van der Waals surface area contributed by atoms with Crippen molar-refractivity contribution < 1.29 is 0 Å². The zero-order valence-corrected chi connectivity index (χ0v) is 12.1. The number of hydrogen-bond acceptors (Lipinski definition) is 1. The molecule has 0 N–H and O–H groups in total. The summed E-state index contributed by atoms with van der Waals surface area (Å²) >= 11 is 0. The fourth-order valence-corrected chi connectivity index (χ4v) is 3.99. The lowest BCUT2D eigenvalue weighted by Crippen LogP contribution is -2.42. The van der Waals surface area contributed by atoms with E-state index in [4.69, 9.17) is 0 Å². The van der Waals surface area contributed by atoms with Crippen molar-refractivity contribution >= 4 is 0 Å². The van der Waals surface area contributed by atoms with Crippen molar-refractivity contribution in [2.45, 2.75) is 44.8 Å². The third-order valence-corrected chi connectivity index (χ3v) is 5.02. The molecule has 2 atom stereocenters. The first kappa shape index (κ1) is 12.2. The second-order valence-corrected chi connectivity index (χ2v) is 6.24. The zero-order chi connectivity index (χ0) is 13.5. The highest BCUT2D eigenvalue weighted by Gasteiger charge is 2.35. The molecule has 1 aromatic heterocycles. The highest BCUT2D eigenvalue weighted by molar-refractivity contribution is 5.26. The van der Waals surface area contributed by atoms with Crippen LogP contribution in [0.1, 0.15) is 48.2 Å². The molecule has 2 unspecified atom stereocenters. The van der Waals surface area contributed by atoms with E-state index >= 15 is 0 Å². The van der Waals surface area contributed by atoms with Crippen molar-refractivity contribution in [3.05, 3.63) is 59.4 Å². The molecule has 0 spiro atoms. The Morgan fingerprint density at radius 1 is 0.950 bits per heavy atom. The largest absolute Gasteiger partial charge is 0.349 e. The van der Waals surface area contributed by atoms with Crippen molar-refractivity contribution in [1.29, 1.82) is 0 Å². The van der Waals surface area contributed by atoms with Gasteiger partial charge in [-0.1, -0.05) is 29.8 Å². The normalized spacial score (nSPS) is 26.1. The molecule has 3 heterocycles. The van der Waals surface area contributed by atoms with E-state index in [1.54, 1.807) is 0 Å². The van der Waals surface area contributed by atoms with E-state index in [1.165, 1.54) is 42.6 Å². The summed E-state index contributed by atoms with van der Waals surface area (Å²) in [6.45, 7) is 4.49. The SMILES string of the molecule is Cc1ccc(C2CCCC3c4cccn4CCN23)cc1. The predicted octanol–water partition coefficient (Wildman–Crippen LogP) is 4.08. The fraction of sp³-hybridized carbons (Fsp3) is 0.444. The van der Waals surface area contributed by atoms with E-state index in [2.05, 4.69) is 59.0 Å². The van der Waals surface area contributed by atoms with Crippen LogP contribution in [0.2, 0.25) is 0 Å². The summed E-state index contributed by atoms with van der Waals surface area (Å²) < 4.78 is 2.44. The van der Waals surface area contributed by atoms with Crippen LogP contribution < -0.4 is 0 Å². The molecule has 1 aromatic carbocycles. The van der Waals surface area contributed by atoms with Crippen molar-refractivity contribution in [3.63, 3.8) is 0 Å². The Balaban J connectivity index is 1.68. The van der Waals surface area contributed by atoms with Crippen LogP contribution in [0.15, 0.2) is 42.6 Å². The van der Waals surface area contributed by atoms with E-state index in [-0.39, 0.29) is 0 Å². The zero-order valence-electron chi connectivity index (χ0n) is 12.1. The standard InChI is InChI=1S/C18H22N2/c1-14-7-9-15(10-8-14)16-4-2-5-18-17-6-3-11-19(17)12-13-20(16)18/h3,6-11,16,18H,2,4-5,12-13H2,1H3. The summed E-state index contributed by atoms with van der Waals surface area (Å²) in [6.07, 6.45) is 6.19. The molecule has 104 valence electrons. The first-order valence-corrected chi connectivity index (χ1v) is 7.80. The lowest BCUT2D eigenvalue weighted by atomic mass is 9.88. The number of benzene rings is 1. The molecule has 2 aromatic rings. The average molecular weight is 266 g/mol. The van der Waals surface area contributed by atoms with E-state index < -0.39 is 0 Å². The number of fused-ring (bicyclic) bond motifs is 3. The van der Waals surface area contributed by atoms with Gasteiger partial charge in [0.1, 0.15) is 0 Å². The predicted molar refractivity (Wildman–Crippen MR) is 81.7 cm³/mol. The van der Waals surface area contributed by atoms with Crippen molar-refractivity contribution in [1.82, 2.24) is 9.47 Å². The molecule has 20 heavy (non-hydrogen) atoms. The van der Waals surface area contributed by atoms with Crippen LogP contribution in [0.25, 0.3) is 0 Å². The Kier molecular flexibility index (Phi) is 2.92. The number of aryl methyl sites for hydroxylation is 1. The number of nitrogens with zero attached hydrogens (tertiary/aromatic N) is 2. The molecular formula is C18H22N2. The lowest BCUT2D eigenvalue weighted by Gasteiger charge is -2.45.